The molecule has 24 heavy (non-hydrogen) atoms. The molecule has 1 aromatic rings. The molecular weight excluding hydrogens is 346 g/mol. The lowest BCUT2D eigenvalue weighted by atomic mass is 10.0. The molecule has 0 aliphatic carbocycles. The summed E-state index contributed by atoms with van der Waals surface area (Å²) in [6.45, 7) is 0.500. The third-order valence-corrected chi connectivity index (χ3v) is 4.02. The minimum Gasteiger partial charge on any atom is -0.381 e. The Labute approximate surface area is 139 Å². The van der Waals surface area contributed by atoms with Crippen molar-refractivity contribution in [2.24, 2.45) is 5.73 Å². The molecule has 0 aromatic heterocycles. The highest BCUT2D eigenvalue weighted by Gasteiger charge is 2.28. The fraction of sp³-hybridized carbons (Fsp3) is 0.500. The highest BCUT2D eigenvalue weighted by molar-refractivity contribution is 7.70. The molecule has 134 valence electrons. The predicted octanol–water partition coefficient (Wildman–Crippen LogP) is 0.303. The van der Waals surface area contributed by atoms with Crippen molar-refractivity contribution in [2.75, 3.05) is 13.2 Å². The minimum absolute atomic E-state index is 0.190. The molecule has 2 rings (SSSR count). The first-order chi connectivity index (χ1) is 11.4. The number of carbonyl (C=O) groups is 1. The van der Waals surface area contributed by atoms with E-state index in [9.17, 15) is 22.0 Å². The molecule has 1 amide bonds. The van der Waals surface area contributed by atoms with Gasteiger partial charge >= 0.3 is 0 Å². The molecule has 10 heteroatoms. The van der Waals surface area contributed by atoms with E-state index in [4.69, 9.17) is 15.2 Å². The molecule has 0 radical (unpaired) electrons. The summed E-state index contributed by atoms with van der Waals surface area (Å²) in [4.78, 5) is 11.6. The Balaban J connectivity index is 2.22. The second-order valence-electron chi connectivity index (χ2n) is 5.29. The molecule has 1 heterocycles. The first-order valence-corrected chi connectivity index (χ1v) is 8.44. The van der Waals surface area contributed by atoms with Crippen molar-refractivity contribution in [1.29, 1.82) is 0 Å². The second-order valence-corrected chi connectivity index (χ2v) is 6.12. The number of halogens is 2. The Morgan fingerprint density at radius 2 is 2.00 bits per heavy atom. The quantitative estimate of drug-likeness (QED) is 0.603. The molecule has 0 bridgehead atoms. The van der Waals surface area contributed by atoms with Gasteiger partial charge in [-0.1, -0.05) is 0 Å². The molecule has 1 aliphatic heterocycles. The molecule has 0 spiro atoms. The number of hydrogen-bond donors (Lipinski definition) is 3. The molecule has 0 unspecified atom stereocenters. The van der Waals surface area contributed by atoms with Gasteiger partial charge in [0.15, 0.2) is 6.10 Å². The summed E-state index contributed by atoms with van der Waals surface area (Å²) < 4.78 is 61.9. The van der Waals surface area contributed by atoms with Gasteiger partial charge in [0.1, 0.15) is 11.6 Å². The van der Waals surface area contributed by atoms with Crippen molar-refractivity contribution >= 4 is 16.8 Å². The number of amides is 1. The van der Waals surface area contributed by atoms with E-state index < -0.39 is 41.1 Å². The van der Waals surface area contributed by atoms with Crippen LogP contribution < -0.4 is 10.5 Å². The van der Waals surface area contributed by atoms with Crippen LogP contribution in [0.25, 0.3) is 0 Å². The van der Waals surface area contributed by atoms with Gasteiger partial charge in [-0.05, 0) is 25.0 Å². The highest BCUT2D eigenvalue weighted by atomic mass is 32.2. The lowest BCUT2D eigenvalue weighted by molar-refractivity contribution is -0.138. The summed E-state index contributed by atoms with van der Waals surface area (Å²) >= 11 is 0. The van der Waals surface area contributed by atoms with Crippen molar-refractivity contribution < 1.29 is 31.5 Å². The van der Waals surface area contributed by atoms with Crippen molar-refractivity contribution in [2.45, 2.75) is 31.6 Å². The number of rotatable bonds is 7. The van der Waals surface area contributed by atoms with E-state index in [2.05, 4.69) is 0 Å². The second kappa shape index (κ2) is 8.47. The number of hydrogen-bond acceptors (Lipinski definition) is 5. The maximum absolute atomic E-state index is 14.3. The zero-order chi connectivity index (χ0) is 17.7. The summed E-state index contributed by atoms with van der Waals surface area (Å²) in [5.41, 5.74) is 4.76. The molecule has 1 saturated heterocycles. The zero-order valence-corrected chi connectivity index (χ0v) is 13.6. The monoisotopic (exact) mass is 364 g/mol. The number of thiol groups is 1. The molecule has 1 aliphatic rings. The number of ether oxygens (including phenoxy) is 2. The smallest absolute Gasteiger partial charge is 0.251 e. The molecular formula is C14H18F2N2O5S. The summed E-state index contributed by atoms with van der Waals surface area (Å²) in [5, 5.41) is 0. The van der Waals surface area contributed by atoms with Crippen molar-refractivity contribution in [3.8, 4) is 0 Å². The van der Waals surface area contributed by atoms with E-state index in [0.717, 1.165) is 12.1 Å². The molecule has 1 aromatic carbocycles. The predicted molar refractivity (Wildman–Crippen MR) is 80.4 cm³/mol. The van der Waals surface area contributed by atoms with Crippen molar-refractivity contribution in [1.82, 2.24) is 4.72 Å². The molecule has 0 saturated carbocycles. The van der Waals surface area contributed by atoms with Gasteiger partial charge in [0, 0.05) is 30.9 Å². The van der Waals surface area contributed by atoms with Gasteiger partial charge in [-0.2, -0.15) is 0 Å². The number of nitrogens with one attached hydrogen (secondary N) is 1. The minimum atomic E-state index is -2.94. The van der Waals surface area contributed by atoms with Gasteiger partial charge in [-0.25, -0.2) is 21.9 Å². The molecule has 3 N–H and O–H groups in total. The first kappa shape index (κ1) is 18.7. The molecule has 7 nitrogen and oxygen atoms in total. The Bertz CT molecular complexity index is 669. The van der Waals surface area contributed by atoms with Crippen LogP contribution in [0.4, 0.5) is 8.78 Å². The van der Waals surface area contributed by atoms with Crippen LogP contribution in [0.5, 0.6) is 0 Å². The molecule has 1 atom stereocenters. The van der Waals surface area contributed by atoms with E-state index in [-0.39, 0.29) is 17.2 Å². The van der Waals surface area contributed by atoms with Gasteiger partial charge < -0.3 is 15.2 Å². The number of carbonyl (C=O) groups excluding carboxylic acids is 1. The summed E-state index contributed by atoms with van der Waals surface area (Å²) in [5.74, 6) is -2.70. The Morgan fingerprint density at radius 3 is 2.58 bits per heavy atom. The van der Waals surface area contributed by atoms with Crippen LogP contribution in [0.1, 0.15) is 30.1 Å². The fourth-order valence-electron chi connectivity index (χ4n) is 2.39. The first-order valence-electron chi connectivity index (χ1n) is 7.26. The van der Waals surface area contributed by atoms with Crippen molar-refractivity contribution in [3.05, 3.63) is 34.9 Å². The van der Waals surface area contributed by atoms with E-state index in [1.165, 1.54) is 0 Å². The lowest BCUT2D eigenvalue weighted by Gasteiger charge is -2.26. The largest absolute Gasteiger partial charge is 0.381 e. The fourth-order valence-corrected chi connectivity index (χ4v) is 2.69. The third-order valence-electron chi connectivity index (χ3n) is 3.60. The number of benzene rings is 1. The Morgan fingerprint density at radius 1 is 1.33 bits per heavy atom. The average molecular weight is 364 g/mol. The van der Waals surface area contributed by atoms with Gasteiger partial charge in [-0.15, -0.1) is 0 Å². The van der Waals surface area contributed by atoms with Gasteiger partial charge in [-0.3, -0.25) is 4.79 Å². The zero-order valence-electron chi connectivity index (χ0n) is 12.7. The maximum Gasteiger partial charge on any atom is 0.251 e. The third kappa shape index (κ3) is 4.94. The van der Waals surface area contributed by atoms with E-state index in [1.54, 1.807) is 0 Å². The van der Waals surface area contributed by atoms with E-state index >= 15 is 0 Å². The topological polar surface area (TPSA) is 108 Å². The lowest BCUT2D eigenvalue weighted by Crippen LogP contribution is -2.32. The summed E-state index contributed by atoms with van der Waals surface area (Å²) in [7, 11) is -2.94. The number of nitrogens with two attached hydrogens (primary N) is 1. The SMILES string of the molecule is NC(=O)[C@@H](OC1CCOCC1)c1cc(F)c(CN[SH](=O)=O)cc1F. The van der Waals surface area contributed by atoms with Crippen molar-refractivity contribution in [3.63, 3.8) is 0 Å². The molecule has 1 fully saturated rings. The number of primary amides is 1. The van der Waals surface area contributed by atoms with Gasteiger partial charge in [0.2, 0.25) is 10.9 Å². The Kier molecular flexibility index (Phi) is 6.60. The highest BCUT2D eigenvalue weighted by Crippen LogP contribution is 2.27. The van der Waals surface area contributed by atoms with Crippen LogP contribution in [0.2, 0.25) is 0 Å². The summed E-state index contributed by atoms with van der Waals surface area (Å²) in [6, 6.07) is 1.62. The average Bonchev–Trinajstić information content (AvgIpc) is 2.54. The maximum atomic E-state index is 14.3. The van der Waals surface area contributed by atoms with Crippen LogP contribution in [0.15, 0.2) is 12.1 Å². The normalized spacial score (nSPS) is 17.1. The van der Waals surface area contributed by atoms with Crippen LogP contribution in [0.3, 0.4) is 0 Å². The standard InChI is InChI=1S/C14H18F2N2O5S/c15-11-6-10(12(16)5-8(11)7-18-24(20)21)13(14(17)19)23-9-1-3-22-4-2-9/h5-6,9,13,24H,1-4,7H2,(H2,17,19)(H,18,20,21)/t13-/m0/s1. The van der Waals surface area contributed by atoms with E-state index in [1.807, 2.05) is 4.72 Å². The van der Waals surface area contributed by atoms with Crippen LogP contribution in [0, 0.1) is 11.6 Å². The van der Waals surface area contributed by atoms with Gasteiger partial charge in [0.05, 0.1) is 6.10 Å². The summed E-state index contributed by atoms with van der Waals surface area (Å²) in [6.07, 6.45) is -0.732. The van der Waals surface area contributed by atoms with Gasteiger partial charge in [0.25, 0.3) is 5.91 Å². The van der Waals surface area contributed by atoms with Crippen LogP contribution in [-0.2, 0) is 31.7 Å². The Hall–Kier alpha value is -1.62. The van der Waals surface area contributed by atoms with Crippen LogP contribution >= 0.6 is 0 Å². The van der Waals surface area contributed by atoms with Crippen LogP contribution in [-0.4, -0.2) is 33.6 Å². The van der Waals surface area contributed by atoms with E-state index in [0.29, 0.717) is 26.1 Å².